The Morgan fingerprint density at radius 1 is 1.18 bits per heavy atom. The number of aromatic nitrogens is 6. The van der Waals surface area contributed by atoms with Gasteiger partial charge in [0.1, 0.15) is 0 Å². The zero-order chi connectivity index (χ0) is 20.3. The number of rotatable bonds is 6. The Morgan fingerprint density at radius 2 is 1.96 bits per heavy atom. The summed E-state index contributed by atoms with van der Waals surface area (Å²) >= 11 is 5.83. The fourth-order valence-electron chi connectivity index (χ4n) is 2.57. The molecule has 0 saturated carbocycles. The first-order valence-corrected chi connectivity index (χ1v) is 9.12. The molecule has 0 fully saturated rings. The number of hydrogen-bond donors (Lipinski definition) is 2. The summed E-state index contributed by atoms with van der Waals surface area (Å²) in [6.45, 7) is 5.51. The molecule has 1 aromatic carbocycles. The van der Waals surface area contributed by atoms with Gasteiger partial charge in [-0.15, -0.1) is 15.3 Å². The van der Waals surface area contributed by atoms with Crippen molar-refractivity contribution < 1.29 is 9.90 Å². The molecular weight excluding hydrogens is 382 g/mol. The first-order valence-electron chi connectivity index (χ1n) is 8.74. The van der Waals surface area contributed by atoms with Crippen molar-refractivity contribution in [2.45, 2.75) is 32.7 Å². The van der Waals surface area contributed by atoms with Crippen LogP contribution in [0.25, 0.3) is 16.9 Å². The molecule has 1 unspecified atom stereocenters. The number of tetrazole rings is 1. The Balaban J connectivity index is 2.12. The first-order chi connectivity index (χ1) is 13.4. The zero-order valence-corrected chi connectivity index (χ0v) is 16.4. The Morgan fingerprint density at radius 3 is 2.61 bits per heavy atom. The quantitative estimate of drug-likeness (QED) is 0.648. The van der Waals surface area contributed by atoms with Crippen LogP contribution in [0.5, 0.6) is 0 Å². The molecule has 0 aliphatic carbocycles. The normalized spacial score (nSPS) is 12.2. The van der Waals surface area contributed by atoms with Gasteiger partial charge in [-0.25, -0.2) is 0 Å². The fraction of sp³-hybridized carbons (Fsp3) is 0.333. The largest absolute Gasteiger partial charge is 0.394 e. The standard InChI is InChI=1S/C18H20ClN7O2/c1-10(2)17-23-24-25-26(17)14-7-12(15-4-5-16(19)22-21-15)6-13(8-14)18(28)20-11(3)9-27/h4-8,10-11,27H,9H2,1-3H3,(H,20,28). The number of amides is 1. The van der Waals surface area contributed by atoms with Crippen LogP contribution in [-0.2, 0) is 0 Å². The maximum Gasteiger partial charge on any atom is 0.251 e. The zero-order valence-electron chi connectivity index (χ0n) is 15.7. The molecular formula is C18H20ClN7O2. The van der Waals surface area contributed by atoms with Crippen molar-refractivity contribution in [2.75, 3.05) is 6.61 Å². The van der Waals surface area contributed by atoms with Crippen molar-refractivity contribution in [3.8, 4) is 16.9 Å². The molecule has 146 valence electrons. The summed E-state index contributed by atoms with van der Waals surface area (Å²) in [5.74, 6) is 0.417. The monoisotopic (exact) mass is 401 g/mol. The minimum absolute atomic E-state index is 0.0840. The van der Waals surface area contributed by atoms with Gasteiger partial charge in [-0.3, -0.25) is 4.79 Å². The highest BCUT2D eigenvalue weighted by Gasteiger charge is 2.17. The van der Waals surface area contributed by atoms with E-state index >= 15 is 0 Å². The molecule has 0 saturated heterocycles. The third-order valence-corrected chi connectivity index (χ3v) is 4.22. The van der Waals surface area contributed by atoms with Crippen LogP contribution in [-0.4, -0.2) is 54.1 Å². The maximum absolute atomic E-state index is 12.7. The van der Waals surface area contributed by atoms with Crippen molar-refractivity contribution in [1.29, 1.82) is 0 Å². The van der Waals surface area contributed by atoms with E-state index < -0.39 is 0 Å². The van der Waals surface area contributed by atoms with Crippen molar-refractivity contribution in [3.05, 3.63) is 46.9 Å². The predicted molar refractivity (Wildman–Crippen MR) is 103 cm³/mol. The number of benzene rings is 1. The molecule has 1 atom stereocenters. The number of nitrogens with zero attached hydrogens (tertiary/aromatic N) is 6. The molecule has 0 spiro atoms. The Kier molecular flexibility index (Phi) is 5.96. The summed E-state index contributed by atoms with van der Waals surface area (Å²) in [4.78, 5) is 12.7. The van der Waals surface area contributed by atoms with Gasteiger partial charge in [0.2, 0.25) is 0 Å². The molecule has 28 heavy (non-hydrogen) atoms. The minimum Gasteiger partial charge on any atom is -0.394 e. The smallest absolute Gasteiger partial charge is 0.251 e. The van der Waals surface area contributed by atoms with Crippen molar-refractivity contribution >= 4 is 17.5 Å². The van der Waals surface area contributed by atoms with E-state index in [-0.39, 0.29) is 29.6 Å². The summed E-state index contributed by atoms with van der Waals surface area (Å²) in [5.41, 5.74) is 2.21. The molecule has 3 aromatic rings. The Hall–Kier alpha value is -2.91. The van der Waals surface area contributed by atoms with E-state index in [0.717, 1.165) is 0 Å². The van der Waals surface area contributed by atoms with Crippen LogP contribution in [0.4, 0.5) is 0 Å². The van der Waals surface area contributed by atoms with E-state index in [1.165, 1.54) is 0 Å². The van der Waals surface area contributed by atoms with Gasteiger partial charge in [-0.05, 0) is 47.7 Å². The predicted octanol–water partition coefficient (Wildman–Crippen LogP) is 2.01. The van der Waals surface area contributed by atoms with E-state index in [9.17, 15) is 9.90 Å². The summed E-state index contributed by atoms with van der Waals surface area (Å²) in [6, 6.07) is 8.17. The highest BCUT2D eigenvalue weighted by Crippen LogP contribution is 2.24. The lowest BCUT2D eigenvalue weighted by Crippen LogP contribution is -2.35. The summed E-state index contributed by atoms with van der Waals surface area (Å²) < 4.78 is 1.59. The topological polar surface area (TPSA) is 119 Å². The van der Waals surface area contributed by atoms with Crippen LogP contribution in [0.1, 0.15) is 42.9 Å². The lowest BCUT2D eigenvalue weighted by molar-refractivity contribution is 0.0922. The average molecular weight is 402 g/mol. The first kappa shape index (κ1) is 19.8. The van der Waals surface area contributed by atoms with Crippen molar-refractivity contribution in [2.24, 2.45) is 0 Å². The molecule has 0 aliphatic heterocycles. The van der Waals surface area contributed by atoms with E-state index in [4.69, 9.17) is 11.6 Å². The SMILES string of the molecule is CC(CO)NC(=O)c1cc(-c2ccc(Cl)nn2)cc(-n2nnnc2C(C)C)c1. The number of aliphatic hydroxyl groups is 1. The molecule has 0 radical (unpaired) electrons. The Bertz CT molecular complexity index is 972. The minimum atomic E-state index is -0.380. The lowest BCUT2D eigenvalue weighted by Gasteiger charge is -2.14. The molecule has 1 amide bonds. The number of aliphatic hydroxyl groups excluding tert-OH is 1. The number of carbonyl (C=O) groups is 1. The molecule has 2 N–H and O–H groups in total. The van der Waals surface area contributed by atoms with Gasteiger partial charge >= 0.3 is 0 Å². The van der Waals surface area contributed by atoms with Crippen LogP contribution in [0.3, 0.4) is 0 Å². The van der Waals surface area contributed by atoms with Gasteiger partial charge in [0.25, 0.3) is 5.91 Å². The summed E-state index contributed by atoms with van der Waals surface area (Å²) in [5, 5.41) is 32.1. The van der Waals surface area contributed by atoms with Crippen LogP contribution in [0.2, 0.25) is 5.15 Å². The number of nitrogens with one attached hydrogen (secondary N) is 1. The molecule has 2 heterocycles. The maximum atomic E-state index is 12.7. The van der Waals surface area contributed by atoms with E-state index in [2.05, 4.69) is 31.0 Å². The number of halogens is 1. The van der Waals surface area contributed by atoms with Gasteiger partial charge in [0.15, 0.2) is 11.0 Å². The van der Waals surface area contributed by atoms with E-state index in [0.29, 0.717) is 28.3 Å². The third kappa shape index (κ3) is 4.32. The molecule has 10 heteroatoms. The van der Waals surface area contributed by atoms with Crippen LogP contribution < -0.4 is 5.32 Å². The van der Waals surface area contributed by atoms with Crippen LogP contribution in [0, 0.1) is 0 Å². The van der Waals surface area contributed by atoms with Crippen LogP contribution in [0.15, 0.2) is 30.3 Å². The second-order valence-corrected chi connectivity index (χ2v) is 7.06. The van der Waals surface area contributed by atoms with Crippen molar-refractivity contribution in [3.63, 3.8) is 0 Å². The second-order valence-electron chi connectivity index (χ2n) is 6.67. The van der Waals surface area contributed by atoms with Crippen molar-refractivity contribution in [1.82, 2.24) is 35.7 Å². The summed E-state index contributed by atoms with van der Waals surface area (Å²) in [6.07, 6.45) is 0. The summed E-state index contributed by atoms with van der Waals surface area (Å²) in [7, 11) is 0. The molecule has 0 bridgehead atoms. The fourth-order valence-corrected chi connectivity index (χ4v) is 2.67. The van der Waals surface area contributed by atoms with Gasteiger partial charge in [0, 0.05) is 23.1 Å². The number of hydrogen-bond acceptors (Lipinski definition) is 7. The second kappa shape index (κ2) is 8.41. The van der Waals surface area contributed by atoms with Crippen LogP contribution >= 0.6 is 11.6 Å². The van der Waals surface area contributed by atoms with Gasteiger partial charge in [0.05, 0.1) is 18.0 Å². The Labute approximate surface area is 166 Å². The van der Waals surface area contributed by atoms with E-state index in [1.807, 2.05) is 19.9 Å². The third-order valence-electron chi connectivity index (χ3n) is 4.01. The highest BCUT2D eigenvalue weighted by molar-refractivity contribution is 6.29. The van der Waals surface area contributed by atoms with Gasteiger partial charge < -0.3 is 10.4 Å². The lowest BCUT2D eigenvalue weighted by atomic mass is 10.0. The molecule has 9 nitrogen and oxygen atoms in total. The highest BCUT2D eigenvalue weighted by atomic mass is 35.5. The number of carbonyl (C=O) groups excluding carboxylic acids is 1. The molecule has 2 aromatic heterocycles. The van der Waals surface area contributed by atoms with E-state index in [1.54, 1.807) is 35.9 Å². The average Bonchev–Trinajstić information content (AvgIpc) is 3.18. The molecule has 0 aliphatic rings. The van der Waals surface area contributed by atoms with Gasteiger partial charge in [-0.1, -0.05) is 25.4 Å². The van der Waals surface area contributed by atoms with Gasteiger partial charge in [-0.2, -0.15) is 4.68 Å². The molecule has 3 rings (SSSR count).